The summed E-state index contributed by atoms with van der Waals surface area (Å²) in [5.41, 5.74) is 5.87. The van der Waals surface area contributed by atoms with Crippen LogP contribution in [-0.4, -0.2) is 27.6 Å². The molecule has 0 aliphatic carbocycles. The molecule has 1 aromatic heterocycles. The summed E-state index contributed by atoms with van der Waals surface area (Å²) in [6.07, 6.45) is 0.00292. The second-order valence-corrected chi connectivity index (χ2v) is 6.11. The number of aromatic nitrogens is 3. The molecule has 6 nitrogen and oxygen atoms in total. The summed E-state index contributed by atoms with van der Waals surface area (Å²) in [6.45, 7) is 13.4. The summed E-state index contributed by atoms with van der Waals surface area (Å²) >= 11 is 0. The lowest BCUT2D eigenvalue weighted by Gasteiger charge is -2.27. The minimum Gasteiger partial charge on any atom is -0.461 e. The second kappa shape index (κ2) is 6.04. The number of nitrogens with one attached hydrogen (secondary N) is 1. The van der Waals surface area contributed by atoms with E-state index in [-0.39, 0.29) is 23.5 Å². The van der Waals surface area contributed by atoms with E-state index in [0.29, 0.717) is 11.9 Å². The highest BCUT2D eigenvalue weighted by Gasteiger charge is 2.20. The zero-order valence-corrected chi connectivity index (χ0v) is 12.7. The maximum absolute atomic E-state index is 5.65. The van der Waals surface area contributed by atoms with Crippen molar-refractivity contribution in [2.24, 2.45) is 11.3 Å². The van der Waals surface area contributed by atoms with Gasteiger partial charge in [-0.25, -0.2) is 0 Å². The van der Waals surface area contributed by atoms with Crippen molar-refractivity contribution in [1.29, 1.82) is 0 Å². The summed E-state index contributed by atoms with van der Waals surface area (Å²) in [6, 6.07) is 0.258. The Bertz CT molecular complexity index is 414. The molecule has 0 saturated carbocycles. The standard InChI is InChI=1S/C13H25N5O/c1-8(2)19-12-17-10(14)16-11(18-12)15-7-9(3)13(4,5)6/h8-9H,7H2,1-6H3,(H3,14,15,16,17,18). The van der Waals surface area contributed by atoms with Crippen molar-refractivity contribution in [1.82, 2.24) is 15.0 Å². The van der Waals surface area contributed by atoms with Gasteiger partial charge in [-0.1, -0.05) is 27.7 Å². The molecule has 108 valence electrons. The van der Waals surface area contributed by atoms with E-state index in [1.54, 1.807) is 0 Å². The smallest absolute Gasteiger partial charge is 0.323 e. The Morgan fingerprint density at radius 1 is 1.16 bits per heavy atom. The molecule has 6 heteroatoms. The van der Waals surface area contributed by atoms with E-state index in [2.05, 4.69) is 48.0 Å². The van der Waals surface area contributed by atoms with Crippen LogP contribution in [0.25, 0.3) is 0 Å². The third kappa shape index (κ3) is 5.28. The van der Waals surface area contributed by atoms with Crippen LogP contribution in [-0.2, 0) is 0 Å². The minimum absolute atomic E-state index is 0.00292. The zero-order chi connectivity index (χ0) is 14.6. The van der Waals surface area contributed by atoms with Crippen LogP contribution in [0.3, 0.4) is 0 Å². The number of nitrogen functional groups attached to an aromatic ring is 1. The summed E-state index contributed by atoms with van der Waals surface area (Å²) in [5.74, 6) is 1.09. The van der Waals surface area contributed by atoms with Gasteiger partial charge in [0.15, 0.2) is 0 Å². The van der Waals surface area contributed by atoms with Crippen molar-refractivity contribution in [3.63, 3.8) is 0 Å². The van der Waals surface area contributed by atoms with E-state index in [9.17, 15) is 0 Å². The number of rotatable bonds is 5. The van der Waals surface area contributed by atoms with Gasteiger partial charge in [0.2, 0.25) is 11.9 Å². The second-order valence-electron chi connectivity index (χ2n) is 6.11. The van der Waals surface area contributed by atoms with E-state index in [4.69, 9.17) is 10.5 Å². The van der Waals surface area contributed by atoms with E-state index >= 15 is 0 Å². The molecule has 0 spiro atoms. The number of anilines is 2. The molecule has 0 bridgehead atoms. The molecule has 0 saturated heterocycles. The highest BCUT2D eigenvalue weighted by atomic mass is 16.5. The van der Waals surface area contributed by atoms with Crippen molar-refractivity contribution in [3.8, 4) is 6.01 Å². The van der Waals surface area contributed by atoms with Crippen LogP contribution in [0.4, 0.5) is 11.9 Å². The topological polar surface area (TPSA) is 86.0 Å². The third-order valence-electron chi connectivity index (χ3n) is 3.02. The van der Waals surface area contributed by atoms with Gasteiger partial charge in [0.25, 0.3) is 0 Å². The SMILES string of the molecule is CC(C)Oc1nc(N)nc(NCC(C)C(C)(C)C)n1. The van der Waals surface area contributed by atoms with Crippen LogP contribution in [0.15, 0.2) is 0 Å². The van der Waals surface area contributed by atoms with Crippen LogP contribution < -0.4 is 15.8 Å². The molecule has 0 aliphatic heterocycles. The maximum Gasteiger partial charge on any atom is 0.323 e. The molecule has 0 aliphatic rings. The van der Waals surface area contributed by atoms with E-state index in [1.165, 1.54) is 0 Å². The first-order valence-electron chi connectivity index (χ1n) is 6.60. The summed E-state index contributed by atoms with van der Waals surface area (Å²) in [7, 11) is 0. The number of nitrogens with zero attached hydrogens (tertiary/aromatic N) is 3. The highest BCUT2D eigenvalue weighted by Crippen LogP contribution is 2.25. The van der Waals surface area contributed by atoms with E-state index < -0.39 is 0 Å². The van der Waals surface area contributed by atoms with Gasteiger partial charge in [-0.05, 0) is 25.2 Å². The van der Waals surface area contributed by atoms with Crippen molar-refractivity contribution < 1.29 is 4.74 Å². The lowest BCUT2D eigenvalue weighted by atomic mass is 9.82. The van der Waals surface area contributed by atoms with Crippen LogP contribution in [0.5, 0.6) is 6.01 Å². The molecule has 1 heterocycles. The van der Waals surface area contributed by atoms with Gasteiger partial charge in [0.05, 0.1) is 6.10 Å². The van der Waals surface area contributed by atoms with Crippen LogP contribution >= 0.6 is 0 Å². The third-order valence-corrected chi connectivity index (χ3v) is 3.02. The quantitative estimate of drug-likeness (QED) is 0.851. The average Bonchev–Trinajstić information content (AvgIpc) is 2.22. The van der Waals surface area contributed by atoms with Crippen molar-refractivity contribution in [2.45, 2.75) is 47.6 Å². The number of ether oxygens (including phenoxy) is 1. The Morgan fingerprint density at radius 3 is 2.32 bits per heavy atom. The molecule has 0 aromatic carbocycles. The van der Waals surface area contributed by atoms with Gasteiger partial charge >= 0.3 is 6.01 Å². The average molecular weight is 267 g/mol. The Kier molecular flexibility index (Phi) is 4.91. The first kappa shape index (κ1) is 15.5. The summed E-state index contributed by atoms with van der Waals surface area (Å²) in [4.78, 5) is 12.2. The summed E-state index contributed by atoms with van der Waals surface area (Å²) in [5, 5.41) is 3.18. The fourth-order valence-corrected chi connectivity index (χ4v) is 1.27. The Hall–Kier alpha value is -1.59. The predicted octanol–water partition coefficient (Wildman–Crippen LogP) is 2.34. The molecule has 1 rings (SSSR count). The lowest BCUT2D eigenvalue weighted by molar-refractivity contribution is 0.222. The fraction of sp³-hybridized carbons (Fsp3) is 0.769. The van der Waals surface area contributed by atoms with Crippen molar-refractivity contribution >= 4 is 11.9 Å². The van der Waals surface area contributed by atoms with Crippen molar-refractivity contribution in [3.05, 3.63) is 0 Å². The number of hydrogen-bond donors (Lipinski definition) is 2. The molecule has 19 heavy (non-hydrogen) atoms. The van der Waals surface area contributed by atoms with E-state index in [0.717, 1.165) is 6.54 Å². The molecular weight excluding hydrogens is 242 g/mol. The van der Waals surface area contributed by atoms with Gasteiger partial charge in [-0.3, -0.25) is 0 Å². The Morgan fingerprint density at radius 2 is 1.79 bits per heavy atom. The molecule has 3 N–H and O–H groups in total. The minimum atomic E-state index is 0.00292. The molecule has 0 amide bonds. The normalized spacial score (nSPS) is 13.4. The van der Waals surface area contributed by atoms with E-state index in [1.807, 2.05) is 13.8 Å². The van der Waals surface area contributed by atoms with Gasteiger partial charge in [0.1, 0.15) is 0 Å². The lowest BCUT2D eigenvalue weighted by Crippen LogP contribution is -2.25. The van der Waals surface area contributed by atoms with Gasteiger partial charge in [-0.15, -0.1) is 0 Å². The maximum atomic E-state index is 5.65. The molecular formula is C13H25N5O. The number of nitrogens with two attached hydrogens (primary N) is 1. The summed E-state index contributed by atoms with van der Waals surface area (Å²) < 4.78 is 5.43. The van der Waals surface area contributed by atoms with Crippen LogP contribution in [0, 0.1) is 11.3 Å². The molecule has 1 atom stereocenters. The Balaban J connectivity index is 2.71. The van der Waals surface area contributed by atoms with Crippen molar-refractivity contribution in [2.75, 3.05) is 17.6 Å². The zero-order valence-electron chi connectivity index (χ0n) is 12.7. The molecule has 0 fully saturated rings. The molecule has 1 unspecified atom stereocenters. The fourth-order valence-electron chi connectivity index (χ4n) is 1.27. The predicted molar refractivity (Wildman–Crippen MR) is 77.1 cm³/mol. The molecule has 1 aromatic rings. The monoisotopic (exact) mass is 267 g/mol. The number of hydrogen-bond acceptors (Lipinski definition) is 6. The first-order chi connectivity index (χ1) is 8.68. The largest absolute Gasteiger partial charge is 0.461 e. The van der Waals surface area contributed by atoms with Crippen LogP contribution in [0.2, 0.25) is 0 Å². The van der Waals surface area contributed by atoms with Crippen LogP contribution in [0.1, 0.15) is 41.5 Å². The Labute approximate surface area is 115 Å². The van der Waals surface area contributed by atoms with Gasteiger partial charge in [0, 0.05) is 6.54 Å². The van der Waals surface area contributed by atoms with Gasteiger partial charge in [-0.2, -0.15) is 15.0 Å². The van der Waals surface area contributed by atoms with Gasteiger partial charge < -0.3 is 15.8 Å². The first-order valence-corrected chi connectivity index (χ1v) is 6.60. The highest BCUT2D eigenvalue weighted by molar-refractivity contribution is 5.32. The molecule has 0 radical (unpaired) electrons.